The Balaban J connectivity index is 2.45. The van der Waals surface area contributed by atoms with Gasteiger partial charge in [-0.3, -0.25) is 4.79 Å². The fourth-order valence-corrected chi connectivity index (χ4v) is 2.03. The maximum Gasteiger partial charge on any atom is 0.407 e. The monoisotopic (exact) mass is 286 g/mol. The van der Waals surface area contributed by atoms with E-state index in [2.05, 4.69) is 10.6 Å². The van der Waals surface area contributed by atoms with Crippen molar-refractivity contribution in [2.75, 3.05) is 13.1 Å². The topological polar surface area (TPSA) is 76.7 Å². The molecule has 1 heterocycles. The second-order valence-corrected chi connectivity index (χ2v) is 6.42. The molecule has 0 aromatic heterocycles. The van der Waals surface area contributed by atoms with Gasteiger partial charge in [0.05, 0.1) is 12.0 Å². The summed E-state index contributed by atoms with van der Waals surface area (Å²) in [4.78, 5) is 23.6. The SMILES string of the molecule is CC(C)OC(=O)[C@@H]1CNC[C@H](NC(=O)OC(C)(C)C)C1. The van der Waals surface area contributed by atoms with Gasteiger partial charge in [0.2, 0.25) is 0 Å². The summed E-state index contributed by atoms with van der Waals surface area (Å²) in [6.45, 7) is 10.3. The smallest absolute Gasteiger partial charge is 0.407 e. The van der Waals surface area contributed by atoms with Gasteiger partial charge in [-0.05, 0) is 41.0 Å². The minimum absolute atomic E-state index is 0.122. The Hall–Kier alpha value is -1.30. The number of nitrogens with one attached hydrogen (secondary N) is 2. The molecule has 1 aliphatic heterocycles. The first-order valence-electron chi connectivity index (χ1n) is 7.08. The van der Waals surface area contributed by atoms with E-state index >= 15 is 0 Å². The van der Waals surface area contributed by atoms with Crippen LogP contribution >= 0.6 is 0 Å². The number of carbonyl (C=O) groups is 2. The summed E-state index contributed by atoms with van der Waals surface area (Å²) >= 11 is 0. The summed E-state index contributed by atoms with van der Waals surface area (Å²) in [7, 11) is 0. The minimum atomic E-state index is -0.526. The van der Waals surface area contributed by atoms with Crippen molar-refractivity contribution in [3.63, 3.8) is 0 Å². The van der Waals surface area contributed by atoms with Crippen LogP contribution < -0.4 is 10.6 Å². The third kappa shape index (κ3) is 6.23. The van der Waals surface area contributed by atoms with Gasteiger partial charge in [-0.15, -0.1) is 0 Å². The zero-order chi connectivity index (χ0) is 15.3. The number of carbonyl (C=O) groups excluding carboxylic acids is 2. The predicted octanol–water partition coefficient (Wildman–Crippen LogP) is 1.44. The van der Waals surface area contributed by atoms with Crippen LogP contribution in [0.3, 0.4) is 0 Å². The highest BCUT2D eigenvalue weighted by Gasteiger charge is 2.30. The van der Waals surface area contributed by atoms with Crippen molar-refractivity contribution < 1.29 is 19.1 Å². The first kappa shape index (κ1) is 16.8. The number of amides is 1. The van der Waals surface area contributed by atoms with Gasteiger partial charge in [0, 0.05) is 19.1 Å². The van der Waals surface area contributed by atoms with E-state index in [1.54, 1.807) is 0 Å². The van der Waals surface area contributed by atoms with Crippen molar-refractivity contribution in [1.82, 2.24) is 10.6 Å². The van der Waals surface area contributed by atoms with Crippen LogP contribution in [0.15, 0.2) is 0 Å². The van der Waals surface area contributed by atoms with Crippen molar-refractivity contribution in [3.8, 4) is 0 Å². The quantitative estimate of drug-likeness (QED) is 0.768. The lowest BCUT2D eigenvalue weighted by Crippen LogP contribution is -2.51. The number of esters is 1. The highest BCUT2D eigenvalue weighted by molar-refractivity contribution is 5.73. The molecule has 116 valence electrons. The van der Waals surface area contributed by atoms with Crippen molar-refractivity contribution in [3.05, 3.63) is 0 Å². The van der Waals surface area contributed by atoms with Gasteiger partial charge in [-0.25, -0.2) is 4.79 Å². The highest BCUT2D eigenvalue weighted by atomic mass is 16.6. The molecular formula is C14H26N2O4. The summed E-state index contributed by atoms with van der Waals surface area (Å²) in [5.41, 5.74) is -0.526. The molecule has 20 heavy (non-hydrogen) atoms. The van der Waals surface area contributed by atoms with E-state index in [-0.39, 0.29) is 24.0 Å². The van der Waals surface area contributed by atoms with E-state index < -0.39 is 11.7 Å². The van der Waals surface area contributed by atoms with Crippen molar-refractivity contribution in [2.24, 2.45) is 5.92 Å². The van der Waals surface area contributed by atoms with E-state index in [4.69, 9.17) is 9.47 Å². The van der Waals surface area contributed by atoms with Gasteiger partial charge >= 0.3 is 12.1 Å². The Bertz CT molecular complexity index is 350. The molecule has 1 aliphatic rings. The first-order valence-corrected chi connectivity index (χ1v) is 7.08. The minimum Gasteiger partial charge on any atom is -0.463 e. The normalized spacial score (nSPS) is 23.3. The van der Waals surface area contributed by atoms with E-state index in [0.717, 1.165) is 0 Å². The van der Waals surface area contributed by atoms with Crippen LogP contribution in [0, 0.1) is 5.92 Å². The maximum atomic E-state index is 11.9. The standard InChI is InChI=1S/C14H26N2O4/c1-9(2)19-12(17)10-6-11(8-15-7-10)16-13(18)20-14(3,4)5/h9-11,15H,6-8H2,1-5H3,(H,16,18)/t10-,11+/m0/s1. The van der Waals surface area contributed by atoms with E-state index in [1.807, 2.05) is 34.6 Å². The molecule has 1 rings (SSSR count). The molecule has 1 amide bonds. The number of hydrogen-bond acceptors (Lipinski definition) is 5. The van der Waals surface area contributed by atoms with Crippen LogP contribution in [0.2, 0.25) is 0 Å². The van der Waals surface area contributed by atoms with Gasteiger partial charge in [0.25, 0.3) is 0 Å². The lowest BCUT2D eigenvalue weighted by Gasteiger charge is -2.30. The molecule has 0 bridgehead atoms. The number of rotatable bonds is 3. The fourth-order valence-electron chi connectivity index (χ4n) is 2.03. The first-order chi connectivity index (χ1) is 9.17. The fraction of sp³-hybridized carbons (Fsp3) is 0.857. The zero-order valence-corrected chi connectivity index (χ0v) is 13.0. The molecule has 0 radical (unpaired) electrons. The van der Waals surface area contributed by atoms with Crippen LogP contribution in [0.25, 0.3) is 0 Å². The summed E-state index contributed by atoms with van der Waals surface area (Å²) < 4.78 is 10.4. The Labute approximate surface area is 120 Å². The second-order valence-electron chi connectivity index (χ2n) is 6.42. The third-order valence-corrected chi connectivity index (χ3v) is 2.76. The highest BCUT2D eigenvalue weighted by Crippen LogP contribution is 2.14. The summed E-state index contributed by atoms with van der Waals surface area (Å²) in [5.74, 6) is -0.450. The molecule has 1 fully saturated rings. The van der Waals surface area contributed by atoms with E-state index in [1.165, 1.54) is 0 Å². The third-order valence-electron chi connectivity index (χ3n) is 2.76. The van der Waals surface area contributed by atoms with E-state index in [9.17, 15) is 9.59 Å². The van der Waals surface area contributed by atoms with Gasteiger partial charge in [-0.1, -0.05) is 0 Å². The lowest BCUT2D eigenvalue weighted by atomic mass is 9.96. The predicted molar refractivity (Wildman–Crippen MR) is 75.4 cm³/mol. The molecule has 2 atom stereocenters. The van der Waals surface area contributed by atoms with Crippen LogP contribution in [0.4, 0.5) is 4.79 Å². The largest absolute Gasteiger partial charge is 0.463 e. The van der Waals surface area contributed by atoms with Gasteiger partial charge in [0.15, 0.2) is 0 Å². The van der Waals surface area contributed by atoms with Gasteiger partial charge in [-0.2, -0.15) is 0 Å². The molecule has 0 aliphatic carbocycles. The molecule has 0 aromatic carbocycles. The number of alkyl carbamates (subject to hydrolysis) is 1. The molecule has 0 spiro atoms. The number of hydrogen-bond donors (Lipinski definition) is 2. The summed E-state index contributed by atoms with van der Waals surface area (Å²) in [5, 5.41) is 5.92. The molecule has 6 nitrogen and oxygen atoms in total. The Morgan fingerprint density at radius 2 is 1.90 bits per heavy atom. The van der Waals surface area contributed by atoms with Crippen LogP contribution in [0.1, 0.15) is 41.0 Å². The second kappa shape index (κ2) is 6.92. The Kier molecular flexibility index (Phi) is 5.80. The average molecular weight is 286 g/mol. The van der Waals surface area contributed by atoms with Crippen LogP contribution in [-0.4, -0.2) is 42.9 Å². The van der Waals surface area contributed by atoms with Gasteiger partial charge in [0.1, 0.15) is 5.60 Å². The molecular weight excluding hydrogens is 260 g/mol. The molecule has 0 unspecified atom stereocenters. The summed E-state index contributed by atoms with van der Waals surface area (Å²) in [6, 6.07) is -0.122. The Morgan fingerprint density at radius 3 is 2.45 bits per heavy atom. The molecule has 6 heteroatoms. The van der Waals surface area contributed by atoms with Crippen molar-refractivity contribution >= 4 is 12.1 Å². The zero-order valence-electron chi connectivity index (χ0n) is 13.0. The van der Waals surface area contributed by atoms with Crippen molar-refractivity contribution in [1.29, 1.82) is 0 Å². The lowest BCUT2D eigenvalue weighted by molar-refractivity contribution is -0.153. The number of piperidine rings is 1. The van der Waals surface area contributed by atoms with Crippen molar-refractivity contribution in [2.45, 2.75) is 58.8 Å². The van der Waals surface area contributed by atoms with Gasteiger partial charge < -0.3 is 20.1 Å². The van der Waals surface area contributed by atoms with Crippen LogP contribution in [-0.2, 0) is 14.3 Å². The molecule has 0 saturated carbocycles. The average Bonchev–Trinajstić information content (AvgIpc) is 2.25. The summed E-state index contributed by atoms with van der Waals surface area (Å²) in [6.07, 6.45) is -0.0125. The molecule has 2 N–H and O–H groups in total. The van der Waals surface area contributed by atoms with E-state index in [0.29, 0.717) is 19.5 Å². The molecule has 0 aromatic rings. The van der Waals surface area contributed by atoms with Crippen LogP contribution in [0.5, 0.6) is 0 Å². The molecule has 1 saturated heterocycles. The Morgan fingerprint density at radius 1 is 1.25 bits per heavy atom. The maximum absolute atomic E-state index is 11.9. The number of ether oxygens (including phenoxy) is 2.